The molecule has 0 fully saturated rings. The number of rotatable bonds is 10. The molecule has 0 rings (SSSR count). The van der Waals surface area contributed by atoms with Crippen molar-refractivity contribution in [2.24, 2.45) is 0 Å². The van der Waals surface area contributed by atoms with Gasteiger partial charge in [-0.05, 0) is 38.8 Å². The highest BCUT2D eigenvalue weighted by atomic mass is 16.2. The molecule has 0 spiro atoms. The normalized spacial score (nSPS) is 9.27. The van der Waals surface area contributed by atoms with Crippen LogP contribution in [0.1, 0.15) is 53.4 Å². The molecule has 0 aromatic rings. The van der Waals surface area contributed by atoms with Crippen molar-refractivity contribution >= 4 is 11.8 Å². The van der Waals surface area contributed by atoms with E-state index < -0.39 is 0 Å². The zero-order valence-corrected chi connectivity index (χ0v) is 14.9. The fourth-order valence-corrected chi connectivity index (χ4v) is 1.82. The molecule has 0 atom stereocenters. The molecule has 0 bridgehead atoms. The van der Waals surface area contributed by atoms with E-state index in [4.69, 9.17) is 0 Å². The summed E-state index contributed by atoms with van der Waals surface area (Å²) in [6, 6.07) is 0. The Hall–Kier alpha value is -1.58. The van der Waals surface area contributed by atoms with Gasteiger partial charge in [-0.1, -0.05) is 39.8 Å². The monoisotopic (exact) mass is 310 g/mol. The zero-order valence-electron chi connectivity index (χ0n) is 14.9. The Morgan fingerprint density at radius 1 is 0.773 bits per heavy atom. The van der Waals surface area contributed by atoms with E-state index in [1.807, 2.05) is 18.7 Å². The Morgan fingerprint density at radius 3 is 1.36 bits per heavy atom. The van der Waals surface area contributed by atoms with Gasteiger partial charge >= 0.3 is 0 Å². The van der Waals surface area contributed by atoms with Gasteiger partial charge in [0.1, 0.15) is 0 Å². The summed E-state index contributed by atoms with van der Waals surface area (Å²) < 4.78 is 0. The largest absolute Gasteiger partial charge is 0.340 e. The Kier molecular flexibility index (Phi) is 16.3. The van der Waals surface area contributed by atoms with E-state index in [1.54, 1.807) is 4.90 Å². The molecule has 0 saturated heterocycles. The Bertz CT molecular complexity index is 315. The fourth-order valence-electron chi connectivity index (χ4n) is 1.82. The van der Waals surface area contributed by atoms with Crippen molar-refractivity contribution in [2.45, 2.75) is 53.4 Å². The lowest BCUT2D eigenvalue weighted by atomic mass is 10.2. The fraction of sp³-hybridized carbons (Fsp3) is 0.667. The predicted molar refractivity (Wildman–Crippen MR) is 94.7 cm³/mol. The minimum absolute atomic E-state index is 0.0139. The van der Waals surface area contributed by atoms with E-state index in [1.165, 1.54) is 12.2 Å². The molecule has 0 aliphatic rings. The summed E-state index contributed by atoms with van der Waals surface area (Å²) >= 11 is 0. The maximum atomic E-state index is 11.3. The number of likely N-dealkylation sites (N-methyl/N-ethyl adjacent to an activating group) is 1. The minimum Gasteiger partial charge on any atom is -0.340 e. The number of carbonyl (C=O) groups is 2. The van der Waals surface area contributed by atoms with Crippen LogP contribution in [0.5, 0.6) is 0 Å². The molecule has 0 saturated carbocycles. The number of unbranched alkanes of at least 4 members (excludes halogenated alkanes) is 2. The molecular formula is C18H34N2O2. The molecule has 0 unspecified atom stereocenters. The average molecular weight is 310 g/mol. The molecule has 128 valence electrons. The summed E-state index contributed by atoms with van der Waals surface area (Å²) in [4.78, 5) is 25.7. The van der Waals surface area contributed by atoms with E-state index in [2.05, 4.69) is 27.0 Å². The molecule has 0 aromatic heterocycles. The van der Waals surface area contributed by atoms with Crippen LogP contribution in [0.2, 0.25) is 0 Å². The minimum atomic E-state index is 0.0139. The van der Waals surface area contributed by atoms with E-state index in [0.29, 0.717) is 0 Å². The number of amides is 2. The number of carbonyl (C=O) groups excluding carboxylic acids is 2. The summed E-state index contributed by atoms with van der Waals surface area (Å²) in [5.41, 5.74) is 0. The summed E-state index contributed by atoms with van der Waals surface area (Å²) in [6.07, 6.45) is 7.19. The van der Waals surface area contributed by atoms with Gasteiger partial charge in [-0.2, -0.15) is 0 Å². The highest BCUT2D eigenvalue weighted by molar-refractivity contribution is 5.87. The first-order valence-electron chi connectivity index (χ1n) is 8.34. The van der Waals surface area contributed by atoms with Gasteiger partial charge in [0.25, 0.3) is 0 Å². The second-order valence-electron chi connectivity index (χ2n) is 4.95. The lowest BCUT2D eigenvalue weighted by Gasteiger charge is -2.20. The quantitative estimate of drug-likeness (QED) is 0.578. The third kappa shape index (κ3) is 11.1. The van der Waals surface area contributed by atoms with Crippen LogP contribution in [0, 0.1) is 0 Å². The van der Waals surface area contributed by atoms with Crippen molar-refractivity contribution in [3.05, 3.63) is 25.3 Å². The van der Waals surface area contributed by atoms with E-state index >= 15 is 0 Å². The van der Waals surface area contributed by atoms with Gasteiger partial charge in [-0.25, -0.2) is 0 Å². The van der Waals surface area contributed by atoms with Crippen molar-refractivity contribution in [2.75, 3.05) is 26.2 Å². The van der Waals surface area contributed by atoms with Gasteiger partial charge in [0.15, 0.2) is 0 Å². The standard InChI is InChI=1S/C11H21NO.C7H13NO/c1-4-7-9-12(10-8-5-2)11(13)6-3;1-4-7(9)8(5-2)6-3/h6H,3-5,7-10H2,1-2H3;4H,1,5-6H2,2-3H3. The molecule has 0 heterocycles. The first-order chi connectivity index (χ1) is 10.5. The summed E-state index contributed by atoms with van der Waals surface area (Å²) in [6.45, 7) is 18.3. The molecule has 0 aliphatic heterocycles. The Labute approximate surface area is 136 Å². The lowest BCUT2D eigenvalue weighted by molar-refractivity contribution is -0.126. The zero-order chi connectivity index (χ0) is 17.4. The SMILES string of the molecule is C=CC(=O)N(CC)CC.C=CC(=O)N(CCCC)CCCC. The van der Waals surface area contributed by atoms with Gasteiger partial charge in [0.2, 0.25) is 11.8 Å². The summed E-state index contributed by atoms with van der Waals surface area (Å²) in [7, 11) is 0. The van der Waals surface area contributed by atoms with Crippen LogP contribution in [0.15, 0.2) is 25.3 Å². The van der Waals surface area contributed by atoms with Gasteiger partial charge in [-0.15, -0.1) is 0 Å². The second-order valence-corrected chi connectivity index (χ2v) is 4.95. The molecule has 0 aromatic carbocycles. The summed E-state index contributed by atoms with van der Waals surface area (Å²) in [5, 5.41) is 0. The average Bonchev–Trinajstić information content (AvgIpc) is 2.55. The van der Waals surface area contributed by atoms with Gasteiger partial charge in [0, 0.05) is 26.2 Å². The van der Waals surface area contributed by atoms with Gasteiger partial charge in [0.05, 0.1) is 0 Å². The Balaban J connectivity index is 0. The number of nitrogens with zero attached hydrogens (tertiary/aromatic N) is 2. The molecule has 0 N–H and O–H groups in total. The summed E-state index contributed by atoms with van der Waals surface area (Å²) in [5.74, 6) is 0.0851. The molecular weight excluding hydrogens is 276 g/mol. The molecule has 22 heavy (non-hydrogen) atoms. The maximum absolute atomic E-state index is 11.3. The molecule has 2 amide bonds. The maximum Gasteiger partial charge on any atom is 0.245 e. The van der Waals surface area contributed by atoms with E-state index in [9.17, 15) is 9.59 Å². The molecule has 0 radical (unpaired) electrons. The van der Waals surface area contributed by atoms with E-state index in [0.717, 1.165) is 51.9 Å². The van der Waals surface area contributed by atoms with Crippen molar-refractivity contribution in [1.82, 2.24) is 9.80 Å². The van der Waals surface area contributed by atoms with Crippen molar-refractivity contribution < 1.29 is 9.59 Å². The topological polar surface area (TPSA) is 40.6 Å². The lowest BCUT2D eigenvalue weighted by Crippen LogP contribution is -2.31. The first-order valence-corrected chi connectivity index (χ1v) is 8.34. The number of hydrogen-bond donors (Lipinski definition) is 0. The predicted octanol–water partition coefficient (Wildman–Crippen LogP) is 3.64. The second kappa shape index (κ2) is 15.8. The third-order valence-corrected chi connectivity index (χ3v) is 3.30. The van der Waals surface area contributed by atoms with Crippen LogP contribution < -0.4 is 0 Å². The highest BCUT2D eigenvalue weighted by Crippen LogP contribution is 2.00. The molecule has 4 nitrogen and oxygen atoms in total. The van der Waals surface area contributed by atoms with E-state index in [-0.39, 0.29) is 11.8 Å². The van der Waals surface area contributed by atoms with Crippen LogP contribution in [0.25, 0.3) is 0 Å². The Morgan fingerprint density at radius 2 is 1.14 bits per heavy atom. The van der Waals surface area contributed by atoms with Crippen LogP contribution in [0.3, 0.4) is 0 Å². The van der Waals surface area contributed by atoms with Crippen molar-refractivity contribution in [1.29, 1.82) is 0 Å². The van der Waals surface area contributed by atoms with Crippen LogP contribution in [0.4, 0.5) is 0 Å². The van der Waals surface area contributed by atoms with Crippen molar-refractivity contribution in [3.63, 3.8) is 0 Å². The molecule has 0 aliphatic carbocycles. The number of hydrogen-bond acceptors (Lipinski definition) is 2. The molecule has 4 heteroatoms. The van der Waals surface area contributed by atoms with Gasteiger partial charge in [-0.3, -0.25) is 9.59 Å². The first kappa shape index (κ1) is 22.7. The van der Waals surface area contributed by atoms with Crippen molar-refractivity contribution in [3.8, 4) is 0 Å². The third-order valence-electron chi connectivity index (χ3n) is 3.30. The van der Waals surface area contributed by atoms with Crippen LogP contribution >= 0.6 is 0 Å². The van der Waals surface area contributed by atoms with Crippen LogP contribution in [-0.2, 0) is 9.59 Å². The highest BCUT2D eigenvalue weighted by Gasteiger charge is 2.07. The van der Waals surface area contributed by atoms with Crippen LogP contribution in [-0.4, -0.2) is 47.8 Å². The smallest absolute Gasteiger partial charge is 0.245 e. The van der Waals surface area contributed by atoms with Gasteiger partial charge < -0.3 is 9.80 Å².